The number of rotatable bonds is 7. The van der Waals surface area contributed by atoms with E-state index in [-0.39, 0.29) is 37.7 Å². The molecule has 1 aliphatic heterocycles. The molecule has 0 saturated heterocycles. The minimum absolute atomic E-state index is 0.0917. The second-order valence-electron chi connectivity index (χ2n) is 6.63. The zero-order valence-electron chi connectivity index (χ0n) is 15.7. The molecule has 0 radical (unpaired) electrons. The van der Waals surface area contributed by atoms with Gasteiger partial charge < -0.3 is 20.1 Å². The van der Waals surface area contributed by atoms with Gasteiger partial charge in [0, 0.05) is 10.7 Å². The maximum Gasteiger partial charge on any atom is 0.238 e. The summed E-state index contributed by atoms with van der Waals surface area (Å²) in [6.45, 7) is 2.29. The van der Waals surface area contributed by atoms with Gasteiger partial charge in [0.2, 0.25) is 18.6 Å². The van der Waals surface area contributed by atoms with E-state index < -0.39 is 0 Å². The summed E-state index contributed by atoms with van der Waals surface area (Å²) >= 11 is 5.82. The van der Waals surface area contributed by atoms with Crippen LogP contribution in [0.4, 0.5) is 5.69 Å². The van der Waals surface area contributed by atoms with Crippen molar-refractivity contribution in [1.29, 1.82) is 0 Å². The second kappa shape index (κ2) is 8.95. The van der Waals surface area contributed by atoms with Crippen LogP contribution in [0.25, 0.3) is 0 Å². The number of hydrogen-bond acceptors (Lipinski definition) is 5. The number of halogens is 1. The maximum atomic E-state index is 12.3. The number of nitrogens with one attached hydrogen (secondary N) is 2. The number of carbonyl (C=O) groups excluding carboxylic acids is 2. The van der Waals surface area contributed by atoms with Gasteiger partial charge in [-0.2, -0.15) is 0 Å². The van der Waals surface area contributed by atoms with Crippen LogP contribution in [0.3, 0.4) is 0 Å². The van der Waals surface area contributed by atoms with Crippen LogP contribution in [-0.4, -0.2) is 43.6 Å². The summed E-state index contributed by atoms with van der Waals surface area (Å²) in [7, 11) is 1.71. The fourth-order valence-electron chi connectivity index (χ4n) is 2.83. The number of fused-ring (bicyclic) bond motifs is 1. The van der Waals surface area contributed by atoms with Gasteiger partial charge in [-0.25, -0.2) is 0 Å². The van der Waals surface area contributed by atoms with Crippen LogP contribution in [-0.2, 0) is 9.59 Å². The van der Waals surface area contributed by atoms with Crippen LogP contribution in [0, 0.1) is 0 Å². The molecule has 148 valence electrons. The van der Waals surface area contributed by atoms with Gasteiger partial charge >= 0.3 is 0 Å². The van der Waals surface area contributed by atoms with Gasteiger partial charge in [0.15, 0.2) is 11.5 Å². The summed E-state index contributed by atoms with van der Waals surface area (Å²) in [6.07, 6.45) is 0. The number of nitrogens with zero attached hydrogens (tertiary/aromatic N) is 1. The number of hydrogen-bond donors (Lipinski definition) is 2. The summed E-state index contributed by atoms with van der Waals surface area (Å²) in [5.74, 6) is 0.997. The number of likely N-dealkylation sites (N-methyl/N-ethyl adjacent to an activating group) is 1. The van der Waals surface area contributed by atoms with Gasteiger partial charge in [0.25, 0.3) is 0 Å². The molecule has 0 unspecified atom stereocenters. The summed E-state index contributed by atoms with van der Waals surface area (Å²) < 4.78 is 10.7. The molecule has 0 spiro atoms. The van der Waals surface area contributed by atoms with Gasteiger partial charge in [0.05, 0.1) is 19.1 Å². The van der Waals surface area contributed by atoms with Crippen molar-refractivity contribution in [2.45, 2.75) is 13.0 Å². The number of anilines is 1. The Balaban J connectivity index is 1.45. The van der Waals surface area contributed by atoms with E-state index in [0.717, 1.165) is 5.56 Å². The summed E-state index contributed by atoms with van der Waals surface area (Å²) in [5, 5.41) is 6.29. The quantitative estimate of drug-likeness (QED) is 0.743. The third-order valence-electron chi connectivity index (χ3n) is 4.23. The summed E-state index contributed by atoms with van der Waals surface area (Å²) in [6, 6.07) is 12.2. The highest BCUT2D eigenvalue weighted by Gasteiger charge is 2.18. The van der Waals surface area contributed by atoms with E-state index in [2.05, 4.69) is 10.6 Å². The zero-order valence-corrected chi connectivity index (χ0v) is 16.5. The van der Waals surface area contributed by atoms with Crippen LogP contribution in [0.5, 0.6) is 11.5 Å². The Morgan fingerprint density at radius 3 is 2.50 bits per heavy atom. The third kappa shape index (κ3) is 5.37. The van der Waals surface area contributed by atoms with Crippen molar-refractivity contribution in [2.24, 2.45) is 0 Å². The average Bonchev–Trinajstić information content (AvgIpc) is 3.10. The first-order valence-corrected chi connectivity index (χ1v) is 9.21. The summed E-state index contributed by atoms with van der Waals surface area (Å²) in [5.41, 5.74) is 1.57. The third-order valence-corrected chi connectivity index (χ3v) is 4.48. The maximum absolute atomic E-state index is 12.3. The highest BCUT2D eigenvalue weighted by Crippen LogP contribution is 2.34. The molecule has 1 atom stereocenters. The van der Waals surface area contributed by atoms with E-state index in [4.69, 9.17) is 21.1 Å². The first-order valence-electron chi connectivity index (χ1n) is 8.83. The van der Waals surface area contributed by atoms with Crippen LogP contribution < -0.4 is 20.1 Å². The van der Waals surface area contributed by atoms with Crippen LogP contribution in [0.1, 0.15) is 18.5 Å². The highest BCUT2D eigenvalue weighted by atomic mass is 35.5. The normalized spacial score (nSPS) is 13.3. The van der Waals surface area contributed by atoms with E-state index >= 15 is 0 Å². The van der Waals surface area contributed by atoms with E-state index in [1.165, 1.54) is 0 Å². The Labute approximate surface area is 168 Å². The number of benzene rings is 2. The number of carbonyl (C=O) groups is 2. The van der Waals surface area contributed by atoms with Crippen molar-refractivity contribution in [3.05, 3.63) is 53.1 Å². The Morgan fingerprint density at radius 2 is 1.75 bits per heavy atom. The molecule has 1 heterocycles. The van der Waals surface area contributed by atoms with Gasteiger partial charge in [0.1, 0.15) is 0 Å². The van der Waals surface area contributed by atoms with Gasteiger partial charge in [-0.15, -0.1) is 0 Å². The lowest BCUT2D eigenvalue weighted by Crippen LogP contribution is -2.39. The fourth-order valence-corrected chi connectivity index (χ4v) is 2.96. The van der Waals surface area contributed by atoms with Crippen molar-refractivity contribution in [1.82, 2.24) is 10.2 Å². The Hall–Kier alpha value is -2.77. The van der Waals surface area contributed by atoms with Crippen molar-refractivity contribution < 1.29 is 19.1 Å². The topological polar surface area (TPSA) is 79.9 Å². The lowest BCUT2D eigenvalue weighted by molar-refractivity contribution is -0.123. The Morgan fingerprint density at radius 1 is 1.07 bits per heavy atom. The van der Waals surface area contributed by atoms with Crippen LogP contribution >= 0.6 is 11.6 Å². The van der Waals surface area contributed by atoms with Gasteiger partial charge in [-0.1, -0.05) is 17.7 Å². The molecule has 0 bridgehead atoms. The fraction of sp³-hybridized carbons (Fsp3) is 0.300. The first kappa shape index (κ1) is 20.0. The van der Waals surface area contributed by atoms with Crippen LogP contribution in [0.2, 0.25) is 5.02 Å². The molecule has 2 N–H and O–H groups in total. The molecule has 0 saturated carbocycles. The molecule has 3 rings (SSSR count). The van der Waals surface area contributed by atoms with Gasteiger partial charge in [-0.05, 0) is 55.9 Å². The average molecular weight is 404 g/mol. The van der Waals surface area contributed by atoms with Crippen molar-refractivity contribution in [2.75, 3.05) is 32.2 Å². The Kier molecular flexibility index (Phi) is 6.38. The monoisotopic (exact) mass is 403 g/mol. The number of amides is 2. The minimum Gasteiger partial charge on any atom is -0.454 e. The smallest absolute Gasteiger partial charge is 0.238 e. The standard InChI is InChI=1S/C20H22ClN3O4/c1-13(14-3-8-17-18(9-14)28-12-27-17)22-19(25)10-24(2)11-20(26)23-16-6-4-15(21)5-7-16/h3-9,13H,10-12H2,1-2H3,(H,22,25)(H,23,26)/t13-/m1/s1. The molecule has 28 heavy (non-hydrogen) atoms. The van der Waals surface area contributed by atoms with Crippen molar-refractivity contribution in [3.8, 4) is 11.5 Å². The lowest BCUT2D eigenvalue weighted by Gasteiger charge is -2.19. The molecule has 0 aromatic heterocycles. The van der Waals surface area contributed by atoms with Crippen LogP contribution in [0.15, 0.2) is 42.5 Å². The molecule has 0 fully saturated rings. The minimum atomic E-state index is -0.207. The second-order valence-corrected chi connectivity index (χ2v) is 7.07. The molecular formula is C20H22ClN3O4. The van der Waals surface area contributed by atoms with E-state index in [1.54, 1.807) is 36.2 Å². The predicted octanol–water partition coefficient (Wildman–Crippen LogP) is 2.82. The lowest BCUT2D eigenvalue weighted by atomic mass is 10.1. The zero-order chi connectivity index (χ0) is 20.1. The van der Waals surface area contributed by atoms with E-state index in [1.807, 2.05) is 25.1 Å². The molecule has 2 aromatic rings. The summed E-state index contributed by atoms with van der Waals surface area (Å²) in [4.78, 5) is 26.0. The molecule has 2 aromatic carbocycles. The molecule has 1 aliphatic rings. The Bertz CT molecular complexity index is 857. The van der Waals surface area contributed by atoms with Crippen molar-refractivity contribution >= 4 is 29.1 Å². The molecular weight excluding hydrogens is 382 g/mol. The van der Waals surface area contributed by atoms with E-state index in [9.17, 15) is 9.59 Å². The molecule has 0 aliphatic carbocycles. The first-order chi connectivity index (χ1) is 13.4. The predicted molar refractivity (Wildman–Crippen MR) is 107 cm³/mol. The molecule has 8 heteroatoms. The SMILES string of the molecule is C[C@@H](NC(=O)CN(C)CC(=O)Nc1ccc(Cl)cc1)c1ccc2c(c1)OCO2. The number of ether oxygens (including phenoxy) is 2. The molecule has 2 amide bonds. The van der Waals surface area contributed by atoms with Crippen molar-refractivity contribution in [3.63, 3.8) is 0 Å². The highest BCUT2D eigenvalue weighted by molar-refractivity contribution is 6.30. The largest absolute Gasteiger partial charge is 0.454 e. The molecule has 7 nitrogen and oxygen atoms in total. The van der Waals surface area contributed by atoms with Gasteiger partial charge in [-0.3, -0.25) is 14.5 Å². The van der Waals surface area contributed by atoms with E-state index in [0.29, 0.717) is 22.2 Å².